The van der Waals surface area contributed by atoms with E-state index in [-0.39, 0.29) is 12.3 Å². The molecule has 1 amide bonds. The molecule has 0 aromatic heterocycles. The fraction of sp³-hybridized carbons (Fsp3) is 0.381. The van der Waals surface area contributed by atoms with Gasteiger partial charge in [-0.1, -0.05) is 12.1 Å². The van der Waals surface area contributed by atoms with Crippen LogP contribution in [-0.4, -0.2) is 47.6 Å². The lowest BCUT2D eigenvalue weighted by Gasteiger charge is -2.14. The molecule has 0 fully saturated rings. The van der Waals surface area contributed by atoms with Crippen molar-refractivity contribution in [3.8, 4) is 23.0 Å². The van der Waals surface area contributed by atoms with E-state index in [1.807, 2.05) is 24.3 Å². The van der Waals surface area contributed by atoms with Crippen molar-refractivity contribution in [2.24, 2.45) is 0 Å². The number of ether oxygens (including phenoxy) is 5. The first-order valence-electron chi connectivity index (χ1n) is 8.87. The second-order valence-electron chi connectivity index (χ2n) is 5.98. The van der Waals surface area contributed by atoms with E-state index >= 15 is 0 Å². The third-order valence-electron chi connectivity index (χ3n) is 4.03. The van der Waals surface area contributed by atoms with Crippen LogP contribution in [0.15, 0.2) is 36.4 Å². The maximum Gasteiger partial charge on any atom is 0.224 e. The van der Waals surface area contributed by atoms with Crippen LogP contribution in [0, 0.1) is 0 Å². The van der Waals surface area contributed by atoms with E-state index in [1.54, 1.807) is 40.6 Å². The highest BCUT2D eigenvalue weighted by Crippen LogP contribution is 2.38. The second kappa shape index (κ2) is 11.0. The Bertz CT molecular complexity index is 752. The smallest absolute Gasteiger partial charge is 0.224 e. The number of amides is 1. The fourth-order valence-corrected chi connectivity index (χ4v) is 2.67. The molecular formula is C21H27NO6. The van der Waals surface area contributed by atoms with Gasteiger partial charge in [-0.15, -0.1) is 0 Å². The van der Waals surface area contributed by atoms with Crippen LogP contribution in [0.3, 0.4) is 0 Å². The van der Waals surface area contributed by atoms with Gasteiger partial charge in [0.25, 0.3) is 0 Å². The highest BCUT2D eigenvalue weighted by molar-refractivity contribution is 5.79. The number of benzene rings is 2. The molecule has 1 N–H and O–H groups in total. The van der Waals surface area contributed by atoms with Crippen LogP contribution >= 0.6 is 0 Å². The van der Waals surface area contributed by atoms with Crippen molar-refractivity contribution in [1.82, 2.24) is 5.32 Å². The van der Waals surface area contributed by atoms with Gasteiger partial charge in [0.05, 0.1) is 34.4 Å². The first-order chi connectivity index (χ1) is 13.6. The number of methoxy groups -OCH3 is 4. The molecule has 0 heterocycles. The molecule has 0 saturated carbocycles. The Morgan fingerprint density at radius 3 is 2.21 bits per heavy atom. The van der Waals surface area contributed by atoms with Crippen LogP contribution in [0.25, 0.3) is 0 Å². The summed E-state index contributed by atoms with van der Waals surface area (Å²) >= 11 is 0. The number of carbonyl (C=O) groups excluding carboxylic acids is 1. The molecule has 0 spiro atoms. The van der Waals surface area contributed by atoms with Crippen molar-refractivity contribution in [3.05, 3.63) is 47.5 Å². The van der Waals surface area contributed by atoms with Crippen molar-refractivity contribution in [2.45, 2.75) is 13.0 Å². The summed E-state index contributed by atoms with van der Waals surface area (Å²) in [5, 5.41) is 2.91. The van der Waals surface area contributed by atoms with Gasteiger partial charge in [0.2, 0.25) is 11.7 Å². The molecule has 0 bridgehead atoms. The highest BCUT2D eigenvalue weighted by atomic mass is 16.5. The van der Waals surface area contributed by atoms with Crippen LogP contribution < -0.4 is 24.3 Å². The molecule has 0 aliphatic rings. The Balaban J connectivity index is 1.96. The Labute approximate surface area is 165 Å². The number of hydrogen-bond donors (Lipinski definition) is 1. The number of hydrogen-bond acceptors (Lipinski definition) is 6. The molecule has 0 atom stereocenters. The highest BCUT2D eigenvalue weighted by Gasteiger charge is 2.15. The van der Waals surface area contributed by atoms with Crippen molar-refractivity contribution in [1.29, 1.82) is 0 Å². The Hall–Kier alpha value is -2.93. The van der Waals surface area contributed by atoms with Crippen LogP contribution in [-0.2, 0) is 22.5 Å². The summed E-state index contributed by atoms with van der Waals surface area (Å²) in [5.74, 6) is 2.17. The number of carbonyl (C=O) groups is 1. The van der Waals surface area contributed by atoms with Gasteiger partial charge in [-0.25, -0.2) is 0 Å². The summed E-state index contributed by atoms with van der Waals surface area (Å²) in [6.45, 7) is 1.41. The standard InChI is InChI=1S/C21H27NO6/c1-24-8-9-28-17-7-5-6-15(10-17)14-22-20(23)13-16-11-18(25-2)21(27-4)19(12-16)26-3/h5-7,10-12H,8-9,13-14H2,1-4H3,(H,22,23). The average Bonchev–Trinajstić information content (AvgIpc) is 2.72. The van der Waals surface area contributed by atoms with Gasteiger partial charge in [0, 0.05) is 13.7 Å². The van der Waals surface area contributed by atoms with Crippen molar-refractivity contribution < 1.29 is 28.5 Å². The predicted octanol–water partition coefficient (Wildman–Crippen LogP) is 2.60. The van der Waals surface area contributed by atoms with Gasteiger partial charge in [0.15, 0.2) is 11.5 Å². The third-order valence-corrected chi connectivity index (χ3v) is 4.03. The van der Waals surface area contributed by atoms with Gasteiger partial charge >= 0.3 is 0 Å². The lowest BCUT2D eigenvalue weighted by atomic mass is 10.1. The maximum absolute atomic E-state index is 12.4. The summed E-state index contributed by atoms with van der Waals surface area (Å²) < 4.78 is 26.5. The molecule has 7 heteroatoms. The van der Waals surface area contributed by atoms with Gasteiger partial charge in [0.1, 0.15) is 12.4 Å². The van der Waals surface area contributed by atoms with Crippen LogP contribution in [0.4, 0.5) is 0 Å². The molecule has 0 aliphatic carbocycles. The normalized spacial score (nSPS) is 10.3. The summed E-state index contributed by atoms with van der Waals surface area (Å²) in [4.78, 5) is 12.4. The lowest BCUT2D eigenvalue weighted by molar-refractivity contribution is -0.120. The van der Waals surface area contributed by atoms with Gasteiger partial charge in [-0.2, -0.15) is 0 Å². The average molecular weight is 389 g/mol. The third kappa shape index (κ3) is 6.06. The minimum absolute atomic E-state index is 0.111. The Kier molecular flexibility index (Phi) is 8.42. The molecule has 0 radical (unpaired) electrons. The SMILES string of the molecule is COCCOc1cccc(CNC(=O)Cc2cc(OC)c(OC)c(OC)c2)c1. The molecule has 2 aromatic rings. The second-order valence-corrected chi connectivity index (χ2v) is 5.98. The monoisotopic (exact) mass is 389 g/mol. The van der Waals surface area contributed by atoms with E-state index in [0.717, 1.165) is 16.9 Å². The van der Waals surface area contributed by atoms with E-state index in [4.69, 9.17) is 23.7 Å². The molecule has 7 nitrogen and oxygen atoms in total. The van der Waals surface area contributed by atoms with E-state index < -0.39 is 0 Å². The number of nitrogens with one attached hydrogen (secondary N) is 1. The fourth-order valence-electron chi connectivity index (χ4n) is 2.67. The van der Waals surface area contributed by atoms with Crippen LogP contribution in [0.2, 0.25) is 0 Å². The summed E-state index contributed by atoms with van der Waals surface area (Å²) in [5.41, 5.74) is 1.72. The molecule has 2 rings (SSSR count). The molecule has 0 aliphatic heterocycles. The summed E-state index contributed by atoms with van der Waals surface area (Å²) in [6, 6.07) is 11.1. The van der Waals surface area contributed by atoms with Crippen LogP contribution in [0.1, 0.15) is 11.1 Å². The summed E-state index contributed by atoms with van der Waals surface area (Å²) in [6.07, 6.45) is 0.195. The van der Waals surface area contributed by atoms with Crippen molar-refractivity contribution in [2.75, 3.05) is 41.7 Å². The molecule has 28 heavy (non-hydrogen) atoms. The zero-order valence-electron chi connectivity index (χ0n) is 16.7. The van der Waals surface area contributed by atoms with E-state index in [0.29, 0.717) is 37.0 Å². The van der Waals surface area contributed by atoms with E-state index in [1.165, 1.54) is 0 Å². The van der Waals surface area contributed by atoms with Gasteiger partial charge < -0.3 is 29.0 Å². The topological polar surface area (TPSA) is 75.3 Å². The Morgan fingerprint density at radius 1 is 0.893 bits per heavy atom. The molecule has 152 valence electrons. The minimum atomic E-state index is -0.111. The predicted molar refractivity (Wildman–Crippen MR) is 105 cm³/mol. The van der Waals surface area contributed by atoms with Crippen molar-refractivity contribution >= 4 is 5.91 Å². The maximum atomic E-state index is 12.4. The van der Waals surface area contributed by atoms with E-state index in [9.17, 15) is 4.79 Å². The Morgan fingerprint density at radius 2 is 1.61 bits per heavy atom. The zero-order chi connectivity index (χ0) is 20.4. The van der Waals surface area contributed by atoms with Crippen LogP contribution in [0.5, 0.6) is 23.0 Å². The molecule has 0 unspecified atom stereocenters. The molecular weight excluding hydrogens is 362 g/mol. The first kappa shape index (κ1) is 21.4. The minimum Gasteiger partial charge on any atom is -0.493 e. The lowest BCUT2D eigenvalue weighted by Crippen LogP contribution is -2.24. The van der Waals surface area contributed by atoms with E-state index in [2.05, 4.69) is 5.32 Å². The molecule has 0 saturated heterocycles. The first-order valence-corrected chi connectivity index (χ1v) is 8.87. The number of rotatable bonds is 11. The van der Waals surface area contributed by atoms with Gasteiger partial charge in [-0.3, -0.25) is 4.79 Å². The largest absolute Gasteiger partial charge is 0.493 e. The summed E-state index contributed by atoms with van der Waals surface area (Å²) in [7, 11) is 6.26. The molecule has 2 aromatic carbocycles. The zero-order valence-corrected chi connectivity index (χ0v) is 16.7. The quantitative estimate of drug-likeness (QED) is 0.596. The van der Waals surface area contributed by atoms with Crippen molar-refractivity contribution in [3.63, 3.8) is 0 Å². The van der Waals surface area contributed by atoms with Gasteiger partial charge in [-0.05, 0) is 35.4 Å².